The minimum absolute atomic E-state index is 0.00389. The molecule has 17 heavy (non-hydrogen) atoms. The van der Waals surface area contributed by atoms with Crippen molar-refractivity contribution in [3.05, 3.63) is 0 Å². The van der Waals surface area contributed by atoms with Gasteiger partial charge in [0, 0.05) is 0 Å². The Morgan fingerprint density at radius 2 is 2.06 bits per heavy atom. The van der Waals surface area contributed by atoms with Crippen molar-refractivity contribution in [3.8, 4) is 6.07 Å². The van der Waals surface area contributed by atoms with Gasteiger partial charge in [0.15, 0.2) is 9.84 Å². The molecule has 0 radical (unpaired) electrons. The number of hydrogen-bond acceptors (Lipinski definition) is 4. The first-order chi connectivity index (χ1) is 7.85. The van der Waals surface area contributed by atoms with Crippen molar-refractivity contribution < 1.29 is 13.5 Å². The van der Waals surface area contributed by atoms with Crippen LogP contribution in [0.3, 0.4) is 0 Å². The summed E-state index contributed by atoms with van der Waals surface area (Å²) in [6, 6.07) is 2.14. The third kappa shape index (κ3) is 1.88. The van der Waals surface area contributed by atoms with Crippen LogP contribution >= 0.6 is 0 Å². The Hall–Kier alpha value is -0.600. The molecule has 1 saturated heterocycles. The van der Waals surface area contributed by atoms with Crippen molar-refractivity contribution in [1.82, 2.24) is 0 Å². The molecule has 4 nitrogen and oxygen atoms in total. The highest BCUT2D eigenvalue weighted by Gasteiger charge is 2.59. The van der Waals surface area contributed by atoms with E-state index < -0.39 is 20.9 Å². The Morgan fingerprint density at radius 1 is 1.35 bits per heavy atom. The first-order valence-electron chi connectivity index (χ1n) is 6.19. The molecule has 1 N–H and O–H groups in total. The van der Waals surface area contributed by atoms with E-state index in [1.54, 1.807) is 0 Å². The number of aliphatic hydroxyl groups is 1. The molecule has 2 aliphatic rings. The SMILES string of the molecule is CC1CCCCC1(O)C1(C#N)CCS(=O)(=O)C1. The lowest BCUT2D eigenvalue weighted by Crippen LogP contribution is -2.54. The molecule has 1 heterocycles. The molecule has 0 aromatic heterocycles. The summed E-state index contributed by atoms with van der Waals surface area (Å²) in [6.07, 6.45) is 3.64. The van der Waals surface area contributed by atoms with Crippen LogP contribution in [0, 0.1) is 22.7 Å². The van der Waals surface area contributed by atoms with E-state index in [0.717, 1.165) is 19.3 Å². The number of nitrogens with zero attached hydrogens (tertiary/aromatic N) is 1. The summed E-state index contributed by atoms with van der Waals surface area (Å²) in [5.41, 5.74) is -2.20. The number of sulfone groups is 1. The molecule has 2 rings (SSSR count). The highest BCUT2D eigenvalue weighted by Crippen LogP contribution is 2.51. The second-order valence-corrected chi connectivity index (χ2v) is 7.79. The fourth-order valence-corrected chi connectivity index (χ4v) is 5.43. The highest BCUT2D eigenvalue weighted by molar-refractivity contribution is 7.91. The Balaban J connectivity index is 2.39. The monoisotopic (exact) mass is 257 g/mol. The second-order valence-electron chi connectivity index (χ2n) is 5.61. The summed E-state index contributed by atoms with van der Waals surface area (Å²) < 4.78 is 23.3. The normalized spacial score (nSPS) is 45.4. The van der Waals surface area contributed by atoms with Crippen LogP contribution in [0.15, 0.2) is 0 Å². The molecule has 1 aliphatic carbocycles. The van der Waals surface area contributed by atoms with Gasteiger partial charge in [-0.25, -0.2) is 8.42 Å². The fourth-order valence-electron chi connectivity index (χ4n) is 3.42. The van der Waals surface area contributed by atoms with E-state index in [9.17, 15) is 18.8 Å². The maximum absolute atomic E-state index is 11.6. The van der Waals surface area contributed by atoms with Gasteiger partial charge in [0.05, 0.1) is 23.2 Å². The Kier molecular flexibility index (Phi) is 2.99. The van der Waals surface area contributed by atoms with Crippen molar-refractivity contribution in [2.24, 2.45) is 11.3 Å². The maximum atomic E-state index is 11.6. The van der Waals surface area contributed by atoms with Crippen LogP contribution in [-0.2, 0) is 9.84 Å². The fraction of sp³-hybridized carbons (Fsp3) is 0.917. The molecule has 5 heteroatoms. The minimum Gasteiger partial charge on any atom is -0.388 e. The van der Waals surface area contributed by atoms with Gasteiger partial charge in [-0.1, -0.05) is 19.8 Å². The number of nitriles is 1. The topological polar surface area (TPSA) is 78.2 Å². The lowest BCUT2D eigenvalue weighted by molar-refractivity contribution is -0.110. The molecular weight excluding hydrogens is 238 g/mol. The molecule has 2 fully saturated rings. The standard InChI is InChI=1S/C12H19NO3S/c1-10-4-2-3-5-12(10,14)11(8-13)6-7-17(15,16)9-11/h10,14H,2-7,9H2,1H3. The predicted molar refractivity (Wildman–Crippen MR) is 63.9 cm³/mol. The van der Waals surface area contributed by atoms with Crippen LogP contribution in [0.2, 0.25) is 0 Å². The van der Waals surface area contributed by atoms with E-state index in [4.69, 9.17) is 0 Å². The van der Waals surface area contributed by atoms with Crippen LogP contribution in [0.4, 0.5) is 0 Å². The molecule has 0 aromatic rings. The molecule has 1 saturated carbocycles. The minimum atomic E-state index is -3.16. The van der Waals surface area contributed by atoms with Gasteiger partial charge in [0.1, 0.15) is 5.41 Å². The summed E-state index contributed by atoms with van der Waals surface area (Å²) in [6.45, 7) is 1.93. The largest absolute Gasteiger partial charge is 0.388 e. The van der Waals surface area contributed by atoms with Crippen molar-refractivity contribution >= 4 is 9.84 Å². The zero-order valence-electron chi connectivity index (χ0n) is 10.1. The van der Waals surface area contributed by atoms with Crippen LogP contribution in [-0.4, -0.2) is 30.6 Å². The van der Waals surface area contributed by atoms with Gasteiger partial charge in [-0.2, -0.15) is 5.26 Å². The van der Waals surface area contributed by atoms with E-state index >= 15 is 0 Å². The van der Waals surface area contributed by atoms with E-state index in [1.165, 1.54) is 0 Å². The van der Waals surface area contributed by atoms with Crippen molar-refractivity contribution in [3.63, 3.8) is 0 Å². The third-order valence-corrected chi connectivity index (χ3v) is 6.37. The predicted octanol–water partition coefficient (Wildman–Crippen LogP) is 1.26. The molecule has 0 amide bonds. The molecule has 96 valence electrons. The van der Waals surface area contributed by atoms with Crippen molar-refractivity contribution in [2.75, 3.05) is 11.5 Å². The average molecular weight is 257 g/mol. The lowest BCUT2D eigenvalue weighted by Gasteiger charge is -2.46. The van der Waals surface area contributed by atoms with Gasteiger partial charge in [-0.3, -0.25) is 0 Å². The first-order valence-corrected chi connectivity index (χ1v) is 8.01. The van der Waals surface area contributed by atoms with Crippen molar-refractivity contribution in [2.45, 2.75) is 44.6 Å². The summed E-state index contributed by atoms with van der Waals surface area (Å²) in [4.78, 5) is 0. The van der Waals surface area contributed by atoms with Crippen molar-refractivity contribution in [1.29, 1.82) is 5.26 Å². The van der Waals surface area contributed by atoms with Gasteiger partial charge in [0.25, 0.3) is 0 Å². The van der Waals surface area contributed by atoms with Gasteiger partial charge in [-0.15, -0.1) is 0 Å². The maximum Gasteiger partial charge on any atom is 0.152 e. The van der Waals surface area contributed by atoms with E-state index in [1.807, 2.05) is 6.92 Å². The molecule has 1 aliphatic heterocycles. The zero-order chi connectivity index (χ0) is 12.7. The summed E-state index contributed by atoms with van der Waals surface area (Å²) in [7, 11) is -3.16. The van der Waals surface area contributed by atoms with Crippen LogP contribution in [0.5, 0.6) is 0 Å². The molecule has 0 aromatic carbocycles. The third-order valence-electron chi connectivity index (χ3n) is 4.61. The number of rotatable bonds is 1. The molecule has 0 spiro atoms. The second kappa shape index (κ2) is 3.96. The smallest absolute Gasteiger partial charge is 0.152 e. The molecular formula is C12H19NO3S. The Labute approximate surface area is 103 Å². The Bertz CT molecular complexity index is 453. The summed E-state index contributed by atoms with van der Waals surface area (Å²) in [5, 5.41) is 20.2. The zero-order valence-corrected chi connectivity index (χ0v) is 11.0. The average Bonchev–Trinajstić information content (AvgIpc) is 2.60. The molecule has 3 unspecified atom stereocenters. The van der Waals surface area contributed by atoms with E-state index in [0.29, 0.717) is 6.42 Å². The Morgan fingerprint density at radius 3 is 2.53 bits per heavy atom. The molecule has 3 atom stereocenters. The van der Waals surface area contributed by atoms with Crippen LogP contribution < -0.4 is 0 Å². The van der Waals surface area contributed by atoms with Crippen LogP contribution in [0.25, 0.3) is 0 Å². The van der Waals surface area contributed by atoms with E-state index in [2.05, 4.69) is 6.07 Å². The van der Waals surface area contributed by atoms with Gasteiger partial charge in [0.2, 0.25) is 0 Å². The highest BCUT2D eigenvalue weighted by atomic mass is 32.2. The van der Waals surface area contributed by atoms with Crippen LogP contribution in [0.1, 0.15) is 39.0 Å². The summed E-state index contributed by atoms with van der Waals surface area (Å²) in [5.74, 6) is -0.128. The summed E-state index contributed by atoms with van der Waals surface area (Å²) >= 11 is 0. The van der Waals surface area contributed by atoms with Gasteiger partial charge >= 0.3 is 0 Å². The number of hydrogen-bond donors (Lipinski definition) is 1. The lowest BCUT2D eigenvalue weighted by atomic mass is 9.61. The quantitative estimate of drug-likeness (QED) is 0.767. The first kappa shape index (κ1) is 12.8. The van der Waals surface area contributed by atoms with Gasteiger partial charge in [-0.05, 0) is 25.2 Å². The van der Waals surface area contributed by atoms with Gasteiger partial charge < -0.3 is 5.11 Å². The molecule has 0 bridgehead atoms. The van der Waals surface area contributed by atoms with E-state index in [-0.39, 0.29) is 23.8 Å².